The lowest BCUT2D eigenvalue weighted by Gasteiger charge is -2.10. The van der Waals surface area contributed by atoms with Crippen molar-refractivity contribution in [3.05, 3.63) is 63.6 Å². The molecule has 0 radical (unpaired) electrons. The number of ether oxygens (including phenoxy) is 1. The van der Waals surface area contributed by atoms with Crippen LogP contribution in [0.25, 0.3) is 6.08 Å². The highest BCUT2D eigenvalue weighted by atomic mass is 16.5. The van der Waals surface area contributed by atoms with E-state index in [1.165, 1.54) is 12.1 Å². The molecule has 1 heterocycles. The van der Waals surface area contributed by atoms with E-state index < -0.39 is 11.3 Å². The SMILES string of the molecule is Cc1cc(O)c(C(=O)/C=C/c2cccc(OCCCN(C)C)c2)c(=O)[nH]1. The molecular weight excluding hydrogens is 332 g/mol. The Hall–Kier alpha value is -2.86. The minimum Gasteiger partial charge on any atom is -0.507 e. The van der Waals surface area contributed by atoms with E-state index in [2.05, 4.69) is 9.88 Å². The van der Waals surface area contributed by atoms with Crippen LogP contribution in [0.1, 0.15) is 28.0 Å². The molecule has 0 saturated carbocycles. The van der Waals surface area contributed by atoms with Crippen molar-refractivity contribution in [2.75, 3.05) is 27.2 Å². The number of aromatic hydroxyl groups is 1. The van der Waals surface area contributed by atoms with Crippen molar-refractivity contribution < 1.29 is 14.6 Å². The molecule has 2 N–H and O–H groups in total. The number of hydrogen-bond acceptors (Lipinski definition) is 5. The Morgan fingerprint density at radius 2 is 2.08 bits per heavy atom. The third-order valence-electron chi connectivity index (χ3n) is 3.70. The number of nitrogens with one attached hydrogen (secondary N) is 1. The first-order chi connectivity index (χ1) is 12.4. The van der Waals surface area contributed by atoms with Gasteiger partial charge >= 0.3 is 0 Å². The lowest BCUT2D eigenvalue weighted by atomic mass is 10.1. The lowest BCUT2D eigenvalue weighted by molar-refractivity contribution is 0.104. The molecule has 6 nitrogen and oxygen atoms in total. The van der Waals surface area contributed by atoms with Gasteiger partial charge in [-0.2, -0.15) is 0 Å². The quantitative estimate of drug-likeness (QED) is 0.432. The van der Waals surface area contributed by atoms with Crippen LogP contribution in [-0.4, -0.2) is 48.0 Å². The van der Waals surface area contributed by atoms with Gasteiger partial charge in [-0.1, -0.05) is 18.2 Å². The standard InChI is InChI=1S/C20H24N2O4/c1-14-12-18(24)19(20(25)21-14)17(23)9-8-15-6-4-7-16(13-15)26-11-5-10-22(2)3/h4,6-9,12-13H,5,10-11H2,1-3H3,(H2,21,24,25)/b9-8+. The van der Waals surface area contributed by atoms with Crippen molar-refractivity contribution >= 4 is 11.9 Å². The maximum absolute atomic E-state index is 12.2. The summed E-state index contributed by atoms with van der Waals surface area (Å²) in [5.74, 6) is -0.158. The summed E-state index contributed by atoms with van der Waals surface area (Å²) in [4.78, 5) is 28.7. The predicted octanol–water partition coefficient (Wildman–Crippen LogP) is 2.62. The second-order valence-corrected chi connectivity index (χ2v) is 6.32. The number of ketones is 1. The first-order valence-electron chi connectivity index (χ1n) is 8.39. The number of rotatable bonds is 8. The summed E-state index contributed by atoms with van der Waals surface area (Å²) in [6.07, 6.45) is 3.78. The Morgan fingerprint density at radius 1 is 1.31 bits per heavy atom. The molecule has 0 aliphatic carbocycles. The fraction of sp³-hybridized carbons (Fsp3) is 0.300. The molecular formula is C20H24N2O4. The van der Waals surface area contributed by atoms with Gasteiger partial charge in [0.2, 0.25) is 0 Å². The maximum atomic E-state index is 12.2. The molecule has 0 fully saturated rings. The van der Waals surface area contributed by atoms with Gasteiger partial charge in [0, 0.05) is 12.2 Å². The van der Waals surface area contributed by atoms with Gasteiger partial charge in [0.1, 0.15) is 17.1 Å². The van der Waals surface area contributed by atoms with Crippen LogP contribution in [0.5, 0.6) is 11.5 Å². The summed E-state index contributed by atoms with van der Waals surface area (Å²) < 4.78 is 5.70. The van der Waals surface area contributed by atoms with Gasteiger partial charge in [-0.25, -0.2) is 0 Å². The minimum absolute atomic E-state index is 0.261. The number of carbonyl (C=O) groups is 1. The van der Waals surface area contributed by atoms with E-state index in [-0.39, 0.29) is 11.3 Å². The van der Waals surface area contributed by atoms with Crippen molar-refractivity contribution in [3.8, 4) is 11.5 Å². The number of allylic oxidation sites excluding steroid dienone is 1. The minimum atomic E-state index is -0.602. The van der Waals surface area contributed by atoms with Gasteiger partial charge in [0.05, 0.1) is 6.61 Å². The topological polar surface area (TPSA) is 82.6 Å². The molecule has 2 rings (SSSR count). The summed E-state index contributed by atoms with van der Waals surface area (Å²) >= 11 is 0. The van der Waals surface area contributed by atoms with E-state index in [9.17, 15) is 14.7 Å². The Balaban J connectivity index is 2.05. The van der Waals surface area contributed by atoms with E-state index in [0.29, 0.717) is 12.3 Å². The Kier molecular flexibility index (Phi) is 6.74. The highest BCUT2D eigenvalue weighted by Gasteiger charge is 2.13. The predicted molar refractivity (Wildman–Crippen MR) is 102 cm³/mol. The fourth-order valence-corrected chi connectivity index (χ4v) is 2.44. The van der Waals surface area contributed by atoms with Gasteiger partial charge in [0.15, 0.2) is 5.78 Å². The number of aromatic amines is 1. The number of aryl methyl sites for hydroxylation is 1. The second kappa shape index (κ2) is 9.01. The third-order valence-corrected chi connectivity index (χ3v) is 3.70. The molecule has 2 aromatic rings. The first kappa shape index (κ1) is 19.5. The molecule has 0 bridgehead atoms. The number of aromatic nitrogens is 1. The second-order valence-electron chi connectivity index (χ2n) is 6.32. The van der Waals surface area contributed by atoms with E-state index >= 15 is 0 Å². The van der Waals surface area contributed by atoms with Crippen LogP contribution in [0.2, 0.25) is 0 Å². The zero-order chi connectivity index (χ0) is 19.1. The number of carbonyl (C=O) groups excluding carboxylic acids is 1. The lowest BCUT2D eigenvalue weighted by Crippen LogP contribution is -2.17. The molecule has 0 spiro atoms. The van der Waals surface area contributed by atoms with Crippen molar-refractivity contribution in [2.45, 2.75) is 13.3 Å². The van der Waals surface area contributed by atoms with Crippen LogP contribution in [-0.2, 0) is 0 Å². The Labute approximate surface area is 152 Å². The number of pyridine rings is 1. The largest absolute Gasteiger partial charge is 0.507 e. The molecule has 0 amide bonds. The van der Waals surface area contributed by atoms with E-state index in [0.717, 1.165) is 24.3 Å². The van der Waals surface area contributed by atoms with Gasteiger partial charge in [-0.3, -0.25) is 9.59 Å². The fourth-order valence-electron chi connectivity index (χ4n) is 2.44. The summed E-state index contributed by atoms with van der Waals surface area (Å²) in [6, 6.07) is 8.69. The summed E-state index contributed by atoms with van der Waals surface area (Å²) in [7, 11) is 4.03. The Bertz CT molecular complexity index is 853. The average Bonchev–Trinajstić information content (AvgIpc) is 2.56. The molecule has 0 aliphatic rings. The molecule has 1 aromatic carbocycles. The van der Waals surface area contributed by atoms with Crippen LogP contribution in [0.15, 0.2) is 41.2 Å². The van der Waals surface area contributed by atoms with Crippen LogP contribution in [0.3, 0.4) is 0 Å². The van der Waals surface area contributed by atoms with Crippen molar-refractivity contribution in [1.29, 1.82) is 0 Å². The monoisotopic (exact) mass is 356 g/mol. The molecule has 26 heavy (non-hydrogen) atoms. The van der Waals surface area contributed by atoms with Crippen LogP contribution < -0.4 is 10.3 Å². The summed E-state index contributed by atoms with van der Waals surface area (Å²) in [6.45, 7) is 3.19. The zero-order valence-electron chi connectivity index (χ0n) is 15.3. The zero-order valence-corrected chi connectivity index (χ0v) is 15.3. The van der Waals surface area contributed by atoms with Crippen molar-refractivity contribution in [3.63, 3.8) is 0 Å². The van der Waals surface area contributed by atoms with Gasteiger partial charge < -0.3 is 19.7 Å². The van der Waals surface area contributed by atoms with Gasteiger partial charge in [-0.05, 0) is 57.3 Å². The van der Waals surface area contributed by atoms with E-state index in [1.807, 2.05) is 38.4 Å². The molecule has 0 aliphatic heterocycles. The first-order valence-corrected chi connectivity index (χ1v) is 8.39. The van der Waals surface area contributed by atoms with Gasteiger partial charge in [0.25, 0.3) is 5.56 Å². The number of nitrogens with zero attached hydrogens (tertiary/aromatic N) is 1. The molecule has 138 valence electrons. The highest BCUT2D eigenvalue weighted by Crippen LogP contribution is 2.17. The summed E-state index contributed by atoms with van der Waals surface area (Å²) in [5, 5.41) is 9.85. The van der Waals surface area contributed by atoms with E-state index in [1.54, 1.807) is 13.0 Å². The number of hydrogen-bond donors (Lipinski definition) is 2. The molecule has 0 saturated heterocycles. The smallest absolute Gasteiger partial charge is 0.263 e. The molecule has 6 heteroatoms. The molecule has 1 aromatic heterocycles. The van der Waals surface area contributed by atoms with Crippen LogP contribution in [0, 0.1) is 6.92 Å². The van der Waals surface area contributed by atoms with Crippen molar-refractivity contribution in [2.24, 2.45) is 0 Å². The molecule has 0 atom stereocenters. The van der Waals surface area contributed by atoms with Crippen molar-refractivity contribution in [1.82, 2.24) is 9.88 Å². The average molecular weight is 356 g/mol. The number of benzene rings is 1. The Morgan fingerprint density at radius 3 is 2.77 bits per heavy atom. The van der Waals surface area contributed by atoms with Crippen LogP contribution in [0.4, 0.5) is 0 Å². The third kappa shape index (κ3) is 5.60. The van der Waals surface area contributed by atoms with E-state index in [4.69, 9.17) is 4.74 Å². The highest BCUT2D eigenvalue weighted by molar-refractivity contribution is 6.08. The normalized spacial score (nSPS) is 11.2. The van der Waals surface area contributed by atoms with Crippen LogP contribution >= 0.6 is 0 Å². The van der Waals surface area contributed by atoms with Gasteiger partial charge in [-0.15, -0.1) is 0 Å². The number of H-pyrrole nitrogens is 1. The maximum Gasteiger partial charge on any atom is 0.263 e. The molecule has 0 unspecified atom stereocenters. The summed E-state index contributed by atoms with van der Waals surface area (Å²) in [5.41, 5.74) is 0.400.